The number of benzene rings is 4. The molecular weight excluding hydrogens is 442 g/mol. The maximum absolute atomic E-state index is 13.0. The van der Waals surface area contributed by atoms with E-state index >= 15 is 0 Å². The molecule has 0 aromatic heterocycles. The van der Waals surface area contributed by atoms with Crippen LogP contribution in [0, 0.1) is 0 Å². The molecule has 0 radical (unpaired) electrons. The predicted octanol–water partition coefficient (Wildman–Crippen LogP) is 5.90. The number of carboxylic acid groups (broad SMARTS) is 1. The molecule has 0 saturated heterocycles. The summed E-state index contributed by atoms with van der Waals surface area (Å²) >= 11 is 0. The minimum absolute atomic E-state index is 0.0850. The Bertz CT molecular complexity index is 1370. The Morgan fingerprint density at radius 2 is 1.51 bits per heavy atom. The van der Waals surface area contributed by atoms with Crippen molar-refractivity contribution in [2.75, 3.05) is 13.7 Å². The number of methoxy groups -OCH3 is 1. The van der Waals surface area contributed by atoms with Crippen LogP contribution in [-0.4, -0.2) is 30.9 Å². The highest BCUT2D eigenvalue weighted by Crippen LogP contribution is 2.44. The highest BCUT2D eigenvalue weighted by molar-refractivity contribution is 5.89. The van der Waals surface area contributed by atoms with Gasteiger partial charge in [-0.05, 0) is 39.1 Å². The van der Waals surface area contributed by atoms with Gasteiger partial charge in [0.15, 0.2) is 0 Å². The molecule has 0 spiro atoms. The van der Waals surface area contributed by atoms with Crippen LogP contribution in [0.4, 0.5) is 4.79 Å². The van der Waals surface area contributed by atoms with E-state index in [1.807, 2.05) is 54.6 Å². The second kappa shape index (κ2) is 9.50. The first-order chi connectivity index (χ1) is 17.1. The normalized spacial score (nSPS) is 13.1. The molecule has 1 amide bonds. The van der Waals surface area contributed by atoms with E-state index in [0.29, 0.717) is 11.3 Å². The van der Waals surface area contributed by atoms with Gasteiger partial charge in [0.05, 0.1) is 19.6 Å². The Balaban J connectivity index is 1.40. The van der Waals surface area contributed by atoms with E-state index in [1.165, 1.54) is 7.11 Å². The second-order valence-electron chi connectivity index (χ2n) is 8.52. The van der Waals surface area contributed by atoms with Crippen molar-refractivity contribution in [1.29, 1.82) is 0 Å². The molecule has 0 fully saturated rings. The van der Waals surface area contributed by atoms with Crippen molar-refractivity contribution < 1.29 is 24.2 Å². The standard InChI is InChI=1S/C29H25NO5/c1-34-26-15-14-18-8-2-3-9-19(18)28(26)25(16-27(31)32)30-29(33)35-17-24-22-12-6-4-10-20(22)21-11-5-7-13-23(21)24/h2-15,24-25H,16-17H2,1H3,(H,30,33)(H,31,32)/t25-/m1/s1. The fourth-order valence-corrected chi connectivity index (χ4v) is 5.00. The van der Waals surface area contributed by atoms with Gasteiger partial charge in [-0.15, -0.1) is 0 Å². The van der Waals surface area contributed by atoms with Crippen molar-refractivity contribution in [3.05, 3.63) is 102 Å². The maximum Gasteiger partial charge on any atom is 0.407 e. The average Bonchev–Trinajstić information content (AvgIpc) is 3.20. The topological polar surface area (TPSA) is 84.9 Å². The van der Waals surface area contributed by atoms with Crippen LogP contribution in [0.5, 0.6) is 5.75 Å². The van der Waals surface area contributed by atoms with E-state index in [9.17, 15) is 14.7 Å². The molecule has 0 aliphatic heterocycles. The van der Waals surface area contributed by atoms with Gasteiger partial charge in [-0.2, -0.15) is 0 Å². The van der Waals surface area contributed by atoms with Gasteiger partial charge in [-0.3, -0.25) is 4.79 Å². The molecule has 1 aliphatic rings. The highest BCUT2D eigenvalue weighted by atomic mass is 16.5. The minimum atomic E-state index is -1.04. The van der Waals surface area contributed by atoms with E-state index in [4.69, 9.17) is 9.47 Å². The third kappa shape index (κ3) is 4.30. The van der Waals surface area contributed by atoms with E-state index in [-0.39, 0.29) is 18.9 Å². The molecule has 35 heavy (non-hydrogen) atoms. The Morgan fingerprint density at radius 1 is 0.886 bits per heavy atom. The summed E-state index contributed by atoms with van der Waals surface area (Å²) in [7, 11) is 1.53. The number of amides is 1. The van der Waals surface area contributed by atoms with Crippen LogP contribution < -0.4 is 10.1 Å². The monoisotopic (exact) mass is 467 g/mol. The van der Waals surface area contributed by atoms with Gasteiger partial charge in [0.1, 0.15) is 12.4 Å². The zero-order valence-corrected chi connectivity index (χ0v) is 19.2. The van der Waals surface area contributed by atoms with Crippen molar-refractivity contribution in [2.45, 2.75) is 18.4 Å². The molecule has 2 N–H and O–H groups in total. The van der Waals surface area contributed by atoms with Gasteiger partial charge in [-0.25, -0.2) is 4.79 Å². The zero-order chi connectivity index (χ0) is 24.4. The van der Waals surface area contributed by atoms with Crippen molar-refractivity contribution in [1.82, 2.24) is 5.32 Å². The van der Waals surface area contributed by atoms with Crippen LogP contribution >= 0.6 is 0 Å². The van der Waals surface area contributed by atoms with Crippen molar-refractivity contribution >= 4 is 22.8 Å². The minimum Gasteiger partial charge on any atom is -0.496 e. The fourth-order valence-electron chi connectivity index (χ4n) is 5.00. The molecule has 176 valence electrons. The van der Waals surface area contributed by atoms with Gasteiger partial charge >= 0.3 is 12.1 Å². The number of aliphatic carboxylic acids is 1. The van der Waals surface area contributed by atoms with E-state index in [2.05, 4.69) is 29.6 Å². The fraction of sp³-hybridized carbons (Fsp3) is 0.172. The summed E-state index contributed by atoms with van der Waals surface area (Å²) in [5, 5.41) is 14.1. The molecule has 0 bridgehead atoms. The number of ether oxygens (including phenoxy) is 2. The van der Waals surface area contributed by atoms with Gasteiger partial charge < -0.3 is 19.9 Å². The lowest BCUT2D eigenvalue weighted by molar-refractivity contribution is -0.137. The molecule has 5 rings (SSSR count). The third-order valence-electron chi connectivity index (χ3n) is 6.51. The molecular formula is C29H25NO5. The van der Waals surface area contributed by atoms with Crippen LogP contribution in [-0.2, 0) is 9.53 Å². The summed E-state index contributed by atoms with van der Waals surface area (Å²) in [6, 6.07) is 26.7. The molecule has 6 nitrogen and oxygen atoms in total. The third-order valence-corrected chi connectivity index (χ3v) is 6.51. The first-order valence-electron chi connectivity index (χ1n) is 11.5. The lowest BCUT2D eigenvalue weighted by Crippen LogP contribution is -2.32. The average molecular weight is 468 g/mol. The Labute approximate surface area is 203 Å². The number of fused-ring (bicyclic) bond motifs is 4. The lowest BCUT2D eigenvalue weighted by Gasteiger charge is -2.22. The zero-order valence-electron chi connectivity index (χ0n) is 19.2. The number of alkyl carbamates (subject to hydrolysis) is 1. The van der Waals surface area contributed by atoms with Crippen molar-refractivity contribution in [3.8, 4) is 16.9 Å². The summed E-state index contributed by atoms with van der Waals surface area (Å²) in [4.78, 5) is 24.7. The molecule has 6 heteroatoms. The van der Waals surface area contributed by atoms with Gasteiger partial charge in [0.25, 0.3) is 0 Å². The van der Waals surface area contributed by atoms with Gasteiger partial charge in [0, 0.05) is 11.5 Å². The summed E-state index contributed by atoms with van der Waals surface area (Å²) in [5.41, 5.74) is 5.11. The summed E-state index contributed by atoms with van der Waals surface area (Å²) in [6.07, 6.45) is -0.984. The highest BCUT2D eigenvalue weighted by Gasteiger charge is 2.30. The smallest absolute Gasteiger partial charge is 0.407 e. The van der Waals surface area contributed by atoms with Gasteiger partial charge in [0.2, 0.25) is 0 Å². The summed E-state index contributed by atoms with van der Waals surface area (Å²) in [5.74, 6) is -0.615. The summed E-state index contributed by atoms with van der Waals surface area (Å²) in [6.45, 7) is 0.145. The first-order valence-corrected chi connectivity index (χ1v) is 11.5. The Morgan fingerprint density at radius 3 is 2.17 bits per heavy atom. The maximum atomic E-state index is 13.0. The van der Waals surface area contributed by atoms with Crippen LogP contribution in [0.2, 0.25) is 0 Å². The quantitative estimate of drug-likeness (QED) is 0.353. The predicted molar refractivity (Wildman–Crippen MR) is 134 cm³/mol. The van der Waals surface area contributed by atoms with Crippen LogP contribution in [0.15, 0.2) is 84.9 Å². The van der Waals surface area contributed by atoms with Crippen LogP contribution in [0.1, 0.15) is 35.1 Å². The molecule has 1 atom stereocenters. The number of nitrogens with one attached hydrogen (secondary N) is 1. The van der Waals surface area contributed by atoms with Crippen molar-refractivity contribution in [2.24, 2.45) is 0 Å². The first kappa shape index (κ1) is 22.5. The Kier molecular flexibility index (Phi) is 6.10. The second-order valence-corrected chi connectivity index (χ2v) is 8.52. The SMILES string of the molecule is COc1ccc2ccccc2c1[C@@H](CC(=O)O)NC(=O)OCC1c2ccccc2-c2ccccc21. The van der Waals surface area contributed by atoms with E-state index in [0.717, 1.165) is 33.0 Å². The molecule has 0 saturated carbocycles. The largest absolute Gasteiger partial charge is 0.496 e. The molecule has 4 aromatic rings. The number of rotatable bonds is 7. The molecule has 4 aromatic carbocycles. The summed E-state index contributed by atoms with van der Waals surface area (Å²) < 4.78 is 11.2. The van der Waals surface area contributed by atoms with Gasteiger partial charge in [-0.1, -0.05) is 78.9 Å². The number of carbonyl (C=O) groups excluding carboxylic acids is 1. The number of hydrogen-bond acceptors (Lipinski definition) is 4. The van der Waals surface area contributed by atoms with E-state index < -0.39 is 18.1 Å². The van der Waals surface area contributed by atoms with Crippen molar-refractivity contribution in [3.63, 3.8) is 0 Å². The lowest BCUT2D eigenvalue weighted by atomic mass is 9.95. The molecule has 0 heterocycles. The number of hydrogen-bond donors (Lipinski definition) is 2. The van der Waals surface area contributed by atoms with Crippen LogP contribution in [0.25, 0.3) is 21.9 Å². The Hall–Kier alpha value is -4.32. The number of carboxylic acids is 1. The van der Waals surface area contributed by atoms with E-state index in [1.54, 1.807) is 6.07 Å². The molecule has 1 aliphatic carbocycles. The number of carbonyl (C=O) groups is 2. The molecule has 0 unspecified atom stereocenters. The van der Waals surface area contributed by atoms with Crippen LogP contribution in [0.3, 0.4) is 0 Å².